The number of nitrogens with one attached hydrogen (secondary N) is 2. The minimum absolute atomic E-state index is 0.590. The van der Waals surface area contributed by atoms with Gasteiger partial charge < -0.3 is 10.6 Å². The first-order chi connectivity index (χ1) is 9.24. The van der Waals surface area contributed by atoms with Crippen molar-refractivity contribution in [2.24, 2.45) is 5.92 Å². The fraction of sp³-hybridized carbons (Fsp3) is 0.733. The molecular formula is C15H26N4. The maximum absolute atomic E-state index is 4.31. The SMILES string of the molecule is CC(C)CCNc1cc(NC2CCCCC2)ncn1. The smallest absolute Gasteiger partial charge is 0.131 e. The molecule has 4 heteroatoms. The summed E-state index contributed by atoms with van der Waals surface area (Å²) >= 11 is 0. The van der Waals surface area contributed by atoms with E-state index in [0.29, 0.717) is 12.0 Å². The highest BCUT2D eigenvalue weighted by Crippen LogP contribution is 2.21. The van der Waals surface area contributed by atoms with Crippen LogP contribution in [-0.4, -0.2) is 22.6 Å². The van der Waals surface area contributed by atoms with Gasteiger partial charge in [-0.2, -0.15) is 0 Å². The summed E-state index contributed by atoms with van der Waals surface area (Å²) < 4.78 is 0. The highest BCUT2D eigenvalue weighted by molar-refractivity contribution is 5.46. The molecule has 0 radical (unpaired) electrons. The molecule has 0 amide bonds. The number of nitrogens with zero attached hydrogens (tertiary/aromatic N) is 2. The molecule has 2 rings (SSSR count). The van der Waals surface area contributed by atoms with Crippen molar-refractivity contribution in [3.8, 4) is 0 Å². The highest BCUT2D eigenvalue weighted by atomic mass is 15.1. The van der Waals surface area contributed by atoms with Gasteiger partial charge in [-0.3, -0.25) is 0 Å². The van der Waals surface area contributed by atoms with Crippen LogP contribution in [0.4, 0.5) is 11.6 Å². The van der Waals surface area contributed by atoms with Crippen LogP contribution in [0.5, 0.6) is 0 Å². The van der Waals surface area contributed by atoms with Crippen molar-refractivity contribution < 1.29 is 0 Å². The lowest BCUT2D eigenvalue weighted by atomic mass is 9.95. The first-order valence-electron chi connectivity index (χ1n) is 7.56. The second-order valence-corrected chi connectivity index (χ2v) is 5.88. The molecule has 1 aromatic heterocycles. The molecule has 1 aliphatic carbocycles. The summed E-state index contributed by atoms with van der Waals surface area (Å²) in [6.45, 7) is 5.44. The van der Waals surface area contributed by atoms with Crippen molar-refractivity contribution >= 4 is 11.6 Å². The number of hydrogen-bond donors (Lipinski definition) is 2. The molecule has 1 saturated carbocycles. The van der Waals surface area contributed by atoms with E-state index in [-0.39, 0.29) is 0 Å². The van der Waals surface area contributed by atoms with Crippen molar-refractivity contribution in [2.75, 3.05) is 17.2 Å². The van der Waals surface area contributed by atoms with Crippen LogP contribution in [0.3, 0.4) is 0 Å². The van der Waals surface area contributed by atoms with Crippen LogP contribution in [0.25, 0.3) is 0 Å². The second kappa shape index (κ2) is 7.31. The molecule has 2 N–H and O–H groups in total. The summed E-state index contributed by atoms with van der Waals surface area (Å²) in [6.07, 6.45) is 9.38. The highest BCUT2D eigenvalue weighted by Gasteiger charge is 2.13. The number of rotatable bonds is 6. The van der Waals surface area contributed by atoms with Gasteiger partial charge in [-0.25, -0.2) is 9.97 Å². The van der Waals surface area contributed by atoms with Crippen LogP contribution in [0.2, 0.25) is 0 Å². The topological polar surface area (TPSA) is 49.8 Å². The van der Waals surface area contributed by atoms with Gasteiger partial charge in [0.2, 0.25) is 0 Å². The molecule has 4 nitrogen and oxygen atoms in total. The lowest BCUT2D eigenvalue weighted by Gasteiger charge is -2.23. The molecule has 1 fully saturated rings. The lowest BCUT2D eigenvalue weighted by molar-refractivity contribution is 0.462. The third-order valence-electron chi connectivity index (χ3n) is 3.65. The van der Waals surface area contributed by atoms with E-state index in [1.165, 1.54) is 32.1 Å². The third kappa shape index (κ3) is 5.05. The molecule has 0 unspecified atom stereocenters. The average Bonchev–Trinajstić information content (AvgIpc) is 2.40. The fourth-order valence-electron chi connectivity index (χ4n) is 2.48. The first kappa shape index (κ1) is 14.1. The van der Waals surface area contributed by atoms with Crippen LogP contribution < -0.4 is 10.6 Å². The molecule has 1 heterocycles. The molecule has 19 heavy (non-hydrogen) atoms. The zero-order chi connectivity index (χ0) is 13.5. The van der Waals surface area contributed by atoms with E-state index < -0.39 is 0 Å². The Balaban J connectivity index is 1.83. The van der Waals surface area contributed by atoms with Gasteiger partial charge in [0.1, 0.15) is 18.0 Å². The van der Waals surface area contributed by atoms with E-state index >= 15 is 0 Å². The summed E-state index contributed by atoms with van der Waals surface area (Å²) in [7, 11) is 0. The number of aromatic nitrogens is 2. The molecule has 0 aliphatic heterocycles. The Morgan fingerprint density at radius 2 is 1.89 bits per heavy atom. The van der Waals surface area contributed by atoms with Crippen LogP contribution in [-0.2, 0) is 0 Å². The minimum atomic E-state index is 0.590. The van der Waals surface area contributed by atoms with Crippen LogP contribution in [0.1, 0.15) is 52.4 Å². The van der Waals surface area contributed by atoms with Crippen molar-refractivity contribution in [1.29, 1.82) is 0 Å². The van der Waals surface area contributed by atoms with Crippen molar-refractivity contribution in [1.82, 2.24) is 9.97 Å². The summed E-state index contributed by atoms with van der Waals surface area (Å²) in [5, 5.41) is 6.89. The van der Waals surface area contributed by atoms with Crippen molar-refractivity contribution in [3.63, 3.8) is 0 Å². The summed E-state index contributed by atoms with van der Waals surface area (Å²) in [6, 6.07) is 2.61. The van der Waals surface area contributed by atoms with E-state index in [4.69, 9.17) is 0 Å². The van der Waals surface area contributed by atoms with E-state index in [1.54, 1.807) is 6.33 Å². The van der Waals surface area contributed by atoms with Gasteiger partial charge in [0.25, 0.3) is 0 Å². The molecule has 0 atom stereocenters. The van der Waals surface area contributed by atoms with E-state index in [1.807, 2.05) is 6.07 Å². The zero-order valence-electron chi connectivity index (χ0n) is 12.2. The van der Waals surface area contributed by atoms with Crippen LogP contribution >= 0.6 is 0 Å². The van der Waals surface area contributed by atoms with Gasteiger partial charge in [0, 0.05) is 18.7 Å². The van der Waals surface area contributed by atoms with Gasteiger partial charge >= 0.3 is 0 Å². The lowest BCUT2D eigenvalue weighted by Crippen LogP contribution is -2.22. The monoisotopic (exact) mass is 262 g/mol. The van der Waals surface area contributed by atoms with E-state index in [9.17, 15) is 0 Å². The Bertz CT molecular complexity index is 372. The third-order valence-corrected chi connectivity index (χ3v) is 3.65. The molecule has 1 aliphatic rings. The normalized spacial score (nSPS) is 16.6. The molecule has 0 spiro atoms. The standard InChI is InChI=1S/C15H26N4/c1-12(2)8-9-16-14-10-15(18-11-17-14)19-13-6-4-3-5-7-13/h10-13H,3-9H2,1-2H3,(H2,16,17,18,19). The predicted octanol–water partition coefficient (Wildman–Crippen LogP) is 3.68. The van der Waals surface area contributed by atoms with Crippen LogP contribution in [0, 0.1) is 5.92 Å². The second-order valence-electron chi connectivity index (χ2n) is 5.88. The zero-order valence-corrected chi connectivity index (χ0v) is 12.2. The molecular weight excluding hydrogens is 236 g/mol. The van der Waals surface area contributed by atoms with Gasteiger partial charge in [-0.15, -0.1) is 0 Å². The summed E-state index contributed by atoms with van der Waals surface area (Å²) in [5.41, 5.74) is 0. The maximum atomic E-state index is 4.31. The molecule has 1 aromatic rings. The quantitative estimate of drug-likeness (QED) is 0.821. The fourth-order valence-corrected chi connectivity index (χ4v) is 2.48. The van der Waals surface area contributed by atoms with Crippen molar-refractivity contribution in [3.05, 3.63) is 12.4 Å². The van der Waals surface area contributed by atoms with E-state index in [0.717, 1.165) is 24.6 Å². The summed E-state index contributed by atoms with van der Waals surface area (Å²) in [5.74, 6) is 2.59. The largest absolute Gasteiger partial charge is 0.370 e. The Kier molecular flexibility index (Phi) is 5.43. The Hall–Kier alpha value is -1.32. The molecule has 0 saturated heterocycles. The Labute approximate surface area is 116 Å². The van der Waals surface area contributed by atoms with Crippen LogP contribution in [0.15, 0.2) is 12.4 Å². The Morgan fingerprint density at radius 1 is 1.16 bits per heavy atom. The van der Waals surface area contributed by atoms with Crippen molar-refractivity contribution in [2.45, 2.75) is 58.4 Å². The molecule has 0 aromatic carbocycles. The van der Waals surface area contributed by atoms with Gasteiger partial charge in [0.05, 0.1) is 0 Å². The number of anilines is 2. The summed E-state index contributed by atoms with van der Waals surface area (Å²) in [4.78, 5) is 8.58. The van der Waals surface area contributed by atoms with Gasteiger partial charge in [-0.05, 0) is 25.2 Å². The van der Waals surface area contributed by atoms with Gasteiger partial charge in [0.15, 0.2) is 0 Å². The van der Waals surface area contributed by atoms with Gasteiger partial charge in [-0.1, -0.05) is 33.1 Å². The molecule has 106 valence electrons. The number of hydrogen-bond acceptors (Lipinski definition) is 4. The minimum Gasteiger partial charge on any atom is -0.370 e. The molecule has 0 bridgehead atoms. The average molecular weight is 262 g/mol. The maximum Gasteiger partial charge on any atom is 0.131 e. The Morgan fingerprint density at radius 3 is 2.63 bits per heavy atom. The van der Waals surface area contributed by atoms with E-state index in [2.05, 4.69) is 34.4 Å². The predicted molar refractivity (Wildman–Crippen MR) is 80.5 cm³/mol. The first-order valence-corrected chi connectivity index (χ1v) is 7.56.